The van der Waals surface area contributed by atoms with Crippen LogP contribution in [-0.2, 0) is 20.5 Å². The number of amides is 3. The van der Waals surface area contributed by atoms with E-state index in [4.69, 9.17) is 10.00 Å². The van der Waals surface area contributed by atoms with Gasteiger partial charge in [-0.25, -0.2) is 4.90 Å². The van der Waals surface area contributed by atoms with Crippen LogP contribution in [0.3, 0.4) is 0 Å². The zero-order valence-corrected chi connectivity index (χ0v) is 19.8. The van der Waals surface area contributed by atoms with E-state index in [0.717, 1.165) is 12.1 Å². The molecule has 3 saturated heterocycles. The maximum Gasteiger partial charge on any atom is 0.417 e. The van der Waals surface area contributed by atoms with Crippen molar-refractivity contribution in [2.45, 2.75) is 50.6 Å². The molecular weight excluding hydrogens is 495 g/mol. The van der Waals surface area contributed by atoms with Gasteiger partial charge in [0.2, 0.25) is 11.8 Å². The van der Waals surface area contributed by atoms with Crippen LogP contribution in [0, 0.1) is 23.2 Å². The van der Waals surface area contributed by atoms with Gasteiger partial charge in [0.1, 0.15) is 11.4 Å². The molecule has 1 aromatic heterocycles. The molecule has 0 unspecified atom stereocenters. The number of ketones is 1. The van der Waals surface area contributed by atoms with Crippen molar-refractivity contribution in [2.75, 3.05) is 4.90 Å². The Labute approximate surface area is 207 Å². The van der Waals surface area contributed by atoms with Crippen molar-refractivity contribution in [1.82, 2.24) is 15.5 Å². The van der Waals surface area contributed by atoms with Crippen LogP contribution in [-0.4, -0.2) is 50.9 Å². The summed E-state index contributed by atoms with van der Waals surface area (Å²) in [6.45, 7) is 4.50. The van der Waals surface area contributed by atoms with Crippen LogP contribution in [0.4, 0.5) is 18.9 Å². The van der Waals surface area contributed by atoms with E-state index in [9.17, 15) is 32.3 Å². The molecule has 4 heterocycles. The lowest BCUT2D eigenvalue weighted by Crippen LogP contribution is -2.56. The standard InChI is InChI=1S/C24H20F3N5O5/c1-10(33)14-7-15(31-30-14)19(34)29-16-8-22(2)17-18(23(16,3)37-22)21(36)32(20(17)35)12-5-4-11(9-28)13(6-12)24(25,26)27/h4-7,16-18H,8H2,1-3H3,(H,29,34)(H,30,31)/t16-,17-,18+,22-,23+/m1/s1. The molecular formula is C24H20F3N5O5. The normalized spacial score (nSPS) is 30.4. The fraction of sp³-hybridized carbons (Fsp3) is 0.417. The minimum Gasteiger partial charge on any atom is -0.365 e. The molecule has 37 heavy (non-hydrogen) atoms. The van der Waals surface area contributed by atoms with Crippen molar-refractivity contribution < 1.29 is 37.1 Å². The molecule has 3 amide bonds. The molecule has 5 atom stereocenters. The maximum atomic E-state index is 13.5. The highest BCUT2D eigenvalue weighted by atomic mass is 19.4. The van der Waals surface area contributed by atoms with Gasteiger partial charge in [0, 0.05) is 13.3 Å². The highest BCUT2D eigenvalue weighted by Gasteiger charge is 2.76. The number of carbonyl (C=O) groups excluding carboxylic acids is 4. The first-order valence-corrected chi connectivity index (χ1v) is 11.3. The van der Waals surface area contributed by atoms with Crippen LogP contribution in [0.25, 0.3) is 0 Å². The minimum absolute atomic E-state index is 0.0194. The number of aromatic amines is 1. The fourth-order valence-electron chi connectivity index (χ4n) is 5.86. The number of H-pyrrole nitrogens is 1. The van der Waals surface area contributed by atoms with Crippen LogP contribution in [0.1, 0.15) is 59.3 Å². The van der Waals surface area contributed by atoms with Crippen LogP contribution >= 0.6 is 0 Å². The SMILES string of the molecule is CC(=O)c1cc(C(=O)N[C@@H]2C[C@@]3(C)O[C@]2(C)[C@@H]2C(=O)N(c4ccc(C#N)c(C(F)(F)F)c4)C(=O)[C@@H]23)[nH]n1. The number of benzene rings is 1. The number of carbonyl (C=O) groups is 4. The van der Waals surface area contributed by atoms with Gasteiger partial charge in [-0.3, -0.25) is 24.3 Å². The van der Waals surface area contributed by atoms with Crippen LogP contribution in [0.15, 0.2) is 24.3 Å². The molecule has 2 aromatic rings. The highest BCUT2D eigenvalue weighted by Crippen LogP contribution is 2.61. The summed E-state index contributed by atoms with van der Waals surface area (Å²) in [5.74, 6) is -4.43. The number of Topliss-reactive ketones (excluding diaryl/α,β-unsaturated/α-hetero) is 1. The minimum atomic E-state index is -4.87. The molecule has 5 rings (SSSR count). The second-order valence-electron chi connectivity index (χ2n) is 9.86. The summed E-state index contributed by atoms with van der Waals surface area (Å²) in [6, 6.07) is 4.70. The monoisotopic (exact) mass is 515 g/mol. The Kier molecular flexibility index (Phi) is 5.14. The molecule has 13 heteroatoms. The van der Waals surface area contributed by atoms with E-state index in [0.29, 0.717) is 11.0 Å². The molecule has 3 fully saturated rings. The first-order valence-electron chi connectivity index (χ1n) is 11.3. The third-order valence-corrected chi connectivity index (χ3v) is 7.51. The second kappa shape index (κ2) is 7.72. The van der Waals surface area contributed by atoms with Crippen molar-refractivity contribution >= 4 is 29.2 Å². The molecule has 192 valence electrons. The zero-order chi connectivity index (χ0) is 27.1. The Morgan fingerprint density at radius 1 is 1.22 bits per heavy atom. The molecule has 0 spiro atoms. The lowest BCUT2D eigenvalue weighted by Gasteiger charge is -2.35. The number of nitriles is 1. The average molecular weight is 515 g/mol. The number of imide groups is 1. The molecule has 0 radical (unpaired) electrons. The maximum absolute atomic E-state index is 13.5. The Hall–Kier alpha value is -4.05. The van der Waals surface area contributed by atoms with Gasteiger partial charge in [0.25, 0.3) is 5.91 Å². The molecule has 10 nitrogen and oxygen atoms in total. The number of aromatic nitrogens is 2. The predicted octanol–water partition coefficient (Wildman–Crippen LogP) is 2.36. The van der Waals surface area contributed by atoms with Crippen molar-refractivity contribution in [2.24, 2.45) is 11.8 Å². The third-order valence-electron chi connectivity index (χ3n) is 7.51. The molecule has 3 aliphatic rings. The molecule has 0 saturated carbocycles. The van der Waals surface area contributed by atoms with E-state index in [1.165, 1.54) is 19.1 Å². The van der Waals surface area contributed by atoms with Gasteiger partial charge in [-0.1, -0.05) is 0 Å². The smallest absolute Gasteiger partial charge is 0.365 e. The topological polar surface area (TPSA) is 145 Å². The fourth-order valence-corrected chi connectivity index (χ4v) is 5.86. The van der Waals surface area contributed by atoms with Gasteiger partial charge in [-0.2, -0.15) is 23.5 Å². The third kappa shape index (κ3) is 3.46. The van der Waals surface area contributed by atoms with Crippen LogP contribution in [0.2, 0.25) is 0 Å². The number of ether oxygens (including phenoxy) is 1. The molecule has 1 aromatic carbocycles. The lowest BCUT2D eigenvalue weighted by atomic mass is 9.66. The van der Waals surface area contributed by atoms with E-state index in [-0.39, 0.29) is 29.3 Å². The molecule has 0 aliphatic carbocycles. The molecule has 2 bridgehead atoms. The summed E-state index contributed by atoms with van der Waals surface area (Å²) in [4.78, 5) is 52.0. The number of hydrogen-bond acceptors (Lipinski definition) is 7. The van der Waals surface area contributed by atoms with Gasteiger partial charge in [-0.15, -0.1) is 0 Å². The summed E-state index contributed by atoms with van der Waals surface area (Å²) in [5, 5.41) is 18.1. The average Bonchev–Trinajstić information content (AvgIpc) is 3.52. The molecule has 3 aliphatic heterocycles. The van der Waals surface area contributed by atoms with E-state index in [1.807, 2.05) is 0 Å². The summed E-state index contributed by atoms with van der Waals surface area (Å²) >= 11 is 0. The number of fused-ring (bicyclic) bond motifs is 5. The Bertz CT molecular complexity index is 1430. The van der Waals surface area contributed by atoms with Crippen molar-refractivity contribution in [3.05, 3.63) is 46.8 Å². The van der Waals surface area contributed by atoms with E-state index in [2.05, 4.69) is 15.5 Å². The van der Waals surface area contributed by atoms with Crippen molar-refractivity contribution in [1.29, 1.82) is 5.26 Å². The number of alkyl halides is 3. The van der Waals surface area contributed by atoms with Gasteiger partial charge in [0.15, 0.2) is 5.78 Å². The van der Waals surface area contributed by atoms with E-state index in [1.54, 1.807) is 13.8 Å². The number of halogens is 3. The summed E-state index contributed by atoms with van der Waals surface area (Å²) < 4.78 is 46.7. The van der Waals surface area contributed by atoms with Gasteiger partial charge >= 0.3 is 6.18 Å². The van der Waals surface area contributed by atoms with Gasteiger partial charge < -0.3 is 10.1 Å². The Morgan fingerprint density at radius 2 is 1.89 bits per heavy atom. The van der Waals surface area contributed by atoms with Crippen molar-refractivity contribution in [3.8, 4) is 6.07 Å². The Balaban J connectivity index is 1.46. The zero-order valence-electron chi connectivity index (χ0n) is 19.8. The number of anilines is 1. The first kappa shape index (κ1) is 24.6. The van der Waals surface area contributed by atoms with Crippen LogP contribution < -0.4 is 10.2 Å². The first-order chi connectivity index (χ1) is 17.2. The number of rotatable bonds is 4. The number of nitrogens with zero attached hydrogens (tertiary/aromatic N) is 3. The second-order valence-corrected chi connectivity index (χ2v) is 9.86. The highest BCUT2D eigenvalue weighted by molar-refractivity contribution is 6.23. The Morgan fingerprint density at radius 3 is 2.49 bits per heavy atom. The quantitative estimate of drug-likeness (QED) is 0.470. The summed E-state index contributed by atoms with van der Waals surface area (Å²) in [7, 11) is 0. The number of nitrogens with one attached hydrogen (secondary N) is 2. The largest absolute Gasteiger partial charge is 0.417 e. The number of hydrogen-bond donors (Lipinski definition) is 2. The van der Waals surface area contributed by atoms with E-state index >= 15 is 0 Å². The van der Waals surface area contributed by atoms with Gasteiger partial charge in [0.05, 0.1) is 52.0 Å². The van der Waals surface area contributed by atoms with Crippen LogP contribution in [0.5, 0.6) is 0 Å². The summed E-state index contributed by atoms with van der Waals surface area (Å²) in [6.07, 6.45) is -4.70. The van der Waals surface area contributed by atoms with Crippen molar-refractivity contribution in [3.63, 3.8) is 0 Å². The lowest BCUT2D eigenvalue weighted by molar-refractivity contribution is -0.138. The van der Waals surface area contributed by atoms with Gasteiger partial charge in [-0.05, 0) is 38.1 Å². The van der Waals surface area contributed by atoms with E-state index < -0.39 is 64.1 Å². The predicted molar refractivity (Wildman–Crippen MR) is 118 cm³/mol. The summed E-state index contributed by atoms with van der Waals surface area (Å²) in [5.41, 5.74) is -4.59. The molecule has 2 N–H and O–H groups in total.